The van der Waals surface area contributed by atoms with Crippen LogP contribution in [0.1, 0.15) is 10.7 Å². The van der Waals surface area contributed by atoms with Gasteiger partial charge in [0, 0.05) is 29.0 Å². The molecule has 2 heterocycles. The number of methoxy groups -OCH3 is 1. The molecular weight excluding hydrogens is 222 g/mol. The zero-order valence-electron chi connectivity index (χ0n) is 9.23. The number of aromatic nitrogens is 2. The molecule has 0 amide bonds. The summed E-state index contributed by atoms with van der Waals surface area (Å²) in [5, 5.41) is 2.06. The van der Waals surface area contributed by atoms with Crippen molar-refractivity contribution in [3.05, 3.63) is 28.2 Å². The van der Waals surface area contributed by atoms with Gasteiger partial charge in [-0.15, -0.1) is 11.3 Å². The van der Waals surface area contributed by atoms with E-state index < -0.39 is 0 Å². The summed E-state index contributed by atoms with van der Waals surface area (Å²) >= 11 is 1.69. The van der Waals surface area contributed by atoms with Gasteiger partial charge >= 0.3 is 0 Å². The summed E-state index contributed by atoms with van der Waals surface area (Å²) in [7, 11) is 1.61. The molecule has 0 aliphatic rings. The van der Waals surface area contributed by atoms with Gasteiger partial charge in [0.1, 0.15) is 12.4 Å². The van der Waals surface area contributed by atoms with E-state index in [2.05, 4.69) is 28.3 Å². The lowest BCUT2D eigenvalue weighted by molar-refractivity contribution is 0.178. The maximum absolute atomic E-state index is 5.73. The topological polar surface area (TPSA) is 61.0 Å². The maximum atomic E-state index is 5.73. The molecule has 2 aromatic rings. The lowest BCUT2D eigenvalue weighted by atomic mass is 10.2. The molecule has 0 fully saturated rings. The smallest absolute Gasteiger partial charge is 0.157 e. The summed E-state index contributed by atoms with van der Waals surface area (Å²) in [6.45, 7) is 2.44. The average Bonchev–Trinajstić information content (AvgIpc) is 2.64. The monoisotopic (exact) mass is 235 g/mol. The number of anilines is 1. The number of thiophene rings is 1. The molecule has 84 valence electrons. The van der Waals surface area contributed by atoms with E-state index in [1.165, 1.54) is 4.88 Å². The van der Waals surface area contributed by atoms with E-state index in [1.807, 2.05) is 0 Å². The van der Waals surface area contributed by atoms with Crippen LogP contribution in [0, 0.1) is 6.92 Å². The number of ether oxygens (including phenoxy) is 1. The normalized spacial score (nSPS) is 10.6. The number of hydrogen-bond donors (Lipinski definition) is 1. The largest absolute Gasteiger partial charge is 0.384 e. The van der Waals surface area contributed by atoms with E-state index in [0.717, 1.165) is 11.3 Å². The fraction of sp³-hybridized carbons (Fsp3) is 0.273. The van der Waals surface area contributed by atoms with Gasteiger partial charge in [-0.05, 0) is 13.0 Å². The Morgan fingerprint density at radius 2 is 2.19 bits per heavy atom. The molecule has 4 nitrogen and oxygen atoms in total. The molecule has 0 aliphatic heterocycles. The fourth-order valence-electron chi connectivity index (χ4n) is 1.44. The van der Waals surface area contributed by atoms with Crippen LogP contribution in [0.4, 0.5) is 5.82 Å². The Morgan fingerprint density at radius 1 is 1.38 bits per heavy atom. The van der Waals surface area contributed by atoms with Gasteiger partial charge in [0.15, 0.2) is 5.82 Å². The lowest BCUT2D eigenvalue weighted by Crippen LogP contribution is -2.02. The van der Waals surface area contributed by atoms with Crippen LogP contribution in [0.3, 0.4) is 0 Å². The van der Waals surface area contributed by atoms with Crippen LogP contribution in [-0.4, -0.2) is 17.1 Å². The highest BCUT2D eigenvalue weighted by Crippen LogP contribution is 2.24. The highest BCUT2D eigenvalue weighted by molar-refractivity contribution is 7.10. The van der Waals surface area contributed by atoms with E-state index in [4.69, 9.17) is 10.5 Å². The zero-order chi connectivity index (χ0) is 11.5. The molecule has 16 heavy (non-hydrogen) atoms. The lowest BCUT2D eigenvalue weighted by Gasteiger charge is -2.03. The zero-order valence-corrected chi connectivity index (χ0v) is 10.0. The first-order valence-electron chi connectivity index (χ1n) is 4.87. The third kappa shape index (κ3) is 2.37. The van der Waals surface area contributed by atoms with Crippen molar-refractivity contribution >= 4 is 17.2 Å². The summed E-state index contributed by atoms with van der Waals surface area (Å²) < 4.78 is 5.00. The Balaban J connectivity index is 2.40. The van der Waals surface area contributed by atoms with Crippen molar-refractivity contribution in [1.29, 1.82) is 0 Å². The Kier molecular flexibility index (Phi) is 3.17. The summed E-state index contributed by atoms with van der Waals surface area (Å²) in [6.07, 6.45) is 0. The number of hydrogen-bond acceptors (Lipinski definition) is 5. The minimum Gasteiger partial charge on any atom is -0.384 e. The molecule has 0 spiro atoms. The van der Waals surface area contributed by atoms with Crippen molar-refractivity contribution in [2.75, 3.05) is 12.8 Å². The first-order valence-corrected chi connectivity index (χ1v) is 5.75. The number of nitrogens with two attached hydrogens (primary N) is 1. The van der Waals surface area contributed by atoms with Crippen LogP contribution in [0.5, 0.6) is 0 Å². The Hall–Kier alpha value is -1.46. The van der Waals surface area contributed by atoms with Crippen LogP contribution < -0.4 is 5.73 Å². The predicted molar refractivity (Wildman–Crippen MR) is 65.2 cm³/mol. The molecule has 5 heteroatoms. The molecule has 2 rings (SSSR count). The van der Waals surface area contributed by atoms with Crippen LogP contribution in [-0.2, 0) is 11.3 Å². The Morgan fingerprint density at radius 3 is 2.81 bits per heavy atom. The van der Waals surface area contributed by atoms with Gasteiger partial charge in [-0.1, -0.05) is 0 Å². The van der Waals surface area contributed by atoms with Crippen molar-refractivity contribution in [1.82, 2.24) is 9.97 Å². The van der Waals surface area contributed by atoms with Gasteiger partial charge in [0.25, 0.3) is 0 Å². The van der Waals surface area contributed by atoms with E-state index in [0.29, 0.717) is 18.2 Å². The van der Waals surface area contributed by atoms with Crippen molar-refractivity contribution in [3.8, 4) is 11.3 Å². The van der Waals surface area contributed by atoms with Gasteiger partial charge < -0.3 is 10.5 Å². The number of nitrogen functional groups attached to an aromatic ring is 1. The molecule has 0 aromatic carbocycles. The fourth-order valence-corrected chi connectivity index (χ4v) is 2.13. The number of aryl methyl sites for hydroxylation is 1. The van der Waals surface area contributed by atoms with Gasteiger partial charge in [0.2, 0.25) is 0 Å². The predicted octanol–water partition coefficient (Wildman–Crippen LogP) is 2.24. The van der Waals surface area contributed by atoms with E-state index in [-0.39, 0.29) is 0 Å². The molecule has 2 N–H and O–H groups in total. The molecule has 0 radical (unpaired) electrons. The SMILES string of the molecule is COCc1nc(N)cc(-c2csc(C)c2)n1. The Labute approximate surface area is 98.1 Å². The second kappa shape index (κ2) is 4.59. The van der Waals surface area contributed by atoms with Gasteiger partial charge in [-0.25, -0.2) is 9.97 Å². The average molecular weight is 235 g/mol. The third-order valence-electron chi connectivity index (χ3n) is 2.09. The van der Waals surface area contributed by atoms with Crippen LogP contribution in [0.2, 0.25) is 0 Å². The quantitative estimate of drug-likeness (QED) is 0.886. The van der Waals surface area contributed by atoms with Crippen LogP contribution in [0.15, 0.2) is 17.5 Å². The molecule has 0 atom stereocenters. The first-order chi connectivity index (χ1) is 7.69. The number of nitrogens with zero attached hydrogens (tertiary/aromatic N) is 2. The minimum absolute atomic E-state index is 0.376. The molecule has 0 bridgehead atoms. The highest BCUT2D eigenvalue weighted by atomic mass is 32.1. The summed E-state index contributed by atoms with van der Waals surface area (Å²) in [5.41, 5.74) is 7.66. The van der Waals surface area contributed by atoms with Crippen molar-refractivity contribution < 1.29 is 4.74 Å². The van der Waals surface area contributed by atoms with Gasteiger partial charge in [0.05, 0.1) is 5.69 Å². The van der Waals surface area contributed by atoms with Gasteiger partial charge in [-0.3, -0.25) is 0 Å². The molecule has 0 saturated heterocycles. The van der Waals surface area contributed by atoms with Crippen molar-refractivity contribution in [3.63, 3.8) is 0 Å². The van der Waals surface area contributed by atoms with E-state index in [9.17, 15) is 0 Å². The van der Waals surface area contributed by atoms with E-state index >= 15 is 0 Å². The van der Waals surface area contributed by atoms with E-state index in [1.54, 1.807) is 24.5 Å². The standard InChI is InChI=1S/C11H13N3OS/c1-7-3-8(6-16-7)9-4-10(12)14-11(13-9)5-15-2/h3-4,6H,5H2,1-2H3,(H2,12,13,14). The molecule has 0 saturated carbocycles. The van der Waals surface area contributed by atoms with Crippen LogP contribution >= 0.6 is 11.3 Å². The second-order valence-corrected chi connectivity index (χ2v) is 4.59. The number of rotatable bonds is 3. The Bertz CT molecular complexity index is 496. The highest BCUT2D eigenvalue weighted by Gasteiger charge is 2.06. The molecule has 2 aromatic heterocycles. The molecule has 0 unspecified atom stereocenters. The van der Waals surface area contributed by atoms with Crippen molar-refractivity contribution in [2.24, 2.45) is 0 Å². The summed E-state index contributed by atoms with van der Waals surface area (Å²) in [4.78, 5) is 9.75. The summed E-state index contributed by atoms with van der Waals surface area (Å²) in [6, 6.07) is 3.86. The van der Waals surface area contributed by atoms with Crippen molar-refractivity contribution in [2.45, 2.75) is 13.5 Å². The molecule has 0 aliphatic carbocycles. The third-order valence-corrected chi connectivity index (χ3v) is 2.95. The van der Waals surface area contributed by atoms with Gasteiger partial charge in [-0.2, -0.15) is 0 Å². The minimum atomic E-state index is 0.376. The summed E-state index contributed by atoms with van der Waals surface area (Å²) in [5.74, 6) is 1.09. The second-order valence-electron chi connectivity index (χ2n) is 3.47. The maximum Gasteiger partial charge on any atom is 0.157 e. The van der Waals surface area contributed by atoms with Crippen LogP contribution in [0.25, 0.3) is 11.3 Å². The molecular formula is C11H13N3OS. The first kappa shape index (κ1) is 11.0.